The average molecular weight is 433 g/mol. The van der Waals surface area contributed by atoms with E-state index in [0.717, 1.165) is 60.4 Å². The zero-order valence-electron chi connectivity index (χ0n) is 19.6. The van der Waals surface area contributed by atoms with E-state index in [1.165, 1.54) is 5.56 Å². The molecule has 1 fully saturated rings. The monoisotopic (exact) mass is 432 g/mol. The van der Waals surface area contributed by atoms with Crippen LogP contribution < -0.4 is 14.5 Å². The zero-order valence-corrected chi connectivity index (χ0v) is 19.6. The van der Waals surface area contributed by atoms with E-state index in [9.17, 15) is 0 Å². The number of anilines is 2. The van der Waals surface area contributed by atoms with Gasteiger partial charge in [0.05, 0.1) is 12.8 Å². The van der Waals surface area contributed by atoms with Crippen molar-refractivity contribution in [3.05, 3.63) is 60.0 Å². The normalized spacial score (nSPS) is 16.2. The molecule has 0 spiro atoms. The summed E-state index contributed by atoms with van der Waals surface area (Å²) < 4.78 is 5.45. The fourth-order valence-corrected chi connectivity index (χ4v) is 4.32. The van der Waals surface area contributed by atoms with Gasteiger partial charge in [-0.25, -0.2) is 15.0 Å². The Labute approximate surface area is 190 Å². The summed E-state index contributed by atoms with van der Waals surface area (Å²) in [6, 6.07) is 12.3. The molecule has 0 radical (unpaired) electrons. The first-order chi connectivity index (χ1) is 15.5. The lowest BCUT2D eigenvalue weighted by molar-refractivity contribution is 0.326. The number of ether oxygens (including phenoxy) is 1. The largest absolute Gasteiger partial charge is 0.497 e. The third-order valence-corrected chi connectivity index (χ3v) is 5.93. The maximum Gasteiger partial charge on any atom is 0.225 e. The minimum atomic E-state index is 0.345. The second kappa shape index (κ2) is 9.53. The lowest BCUT2D eigenvalue weighted by Crippen LogP contribution is -2.23. The number of aromatic nitrogens is 3. The van der Waals surface area contributed by atoms with Gasteiger partial charge in [-0.1, -0.05) is 18.2 Å². The van der Waals surface area contributed by atoms with Crippen molar-refractivity contribution in [3.63, 3.8) is 0 Å². The molecule has 0 N–H and O–H groups in total. The number of hydrogen-bond acceptors (Lipinski definition) is 7. The van der Waals surface area contributed by atoms with Gasteiger partial charge in [-0.3, -0.25) is 4.90 Å². The number of rotatable bonds is 7. The molecule has 0 amide bonds. The quantitative estimate of drug-likeness (QED) is 0.565. The summed E-state index contributed by atoms with van der Waals surface area (Å²) in [6.45, 7) is 2.88. The van der Waals surface area contributed by atoms with E-state index < -0.39 is 0 Å². The SMILES string of the molecule is COc1cccc(-c2cnc(N(C)C)nc2[C@@H]2CCN(Cc3cccnc3N(C)C)C2)c1. The van der Waals surface area contributed by atoms with Crippen LogP contribution >= 0.6 is 0 Å². The van der Waals surface area contributed by atoms with Gasteiger partial charge >= 0.3 is 0 Å². The summed E-state index contributed by atoms with van der Waals surface area (Å²) in [5.41, 5.74) is 4.53. The highest BCUT2D eigenvalue weighted by atomic mass is 16.5. The zero-order chi connectivity index (χ0) is 22.7. The van der Waals surface area contributed by atoms with Crippen LogP contribution in [-0.2, 0) is 6.54 Å². The molecule has 1 saturated heterocycles. The summed E-state index contributed by atoms with van der Waals surface area (Å²) in [6.07, 6.45) is 4.88. The molecule has 1 aromatic carbocycles. The van der Waals surface area contributed by atoms with Crippen LogP contribution in [0.1, 0.15) is 23.6 Å². The van der Waals surface area contributed by atoms with Crippen LogP contribution in [0.4, 0.5) is 11.8 Å². The molecule has 1 atom stereocenters. The number of benzene rings is 1. The highest BCUT2D eigenvalue weighted by Gasteiger charge is 2.29. The Morgan fingerprint density at radius 3 is 2.66 bits per heavy atom. The first-order valence-corrected chi connectivity index (χ1v) is 11.0. The third kappa shape index (κ3) is 4.67. The van der Waals surface area contributed by atoms with E-state index >= 15 is 0 Å². The highest BCUT2D eigenvalue weighted by molar-refractivity contribution is 5.68. The molecular weight excluding hydrogens is 400 g/mol. The van der Waals surface area contributed by atoms with Crippen molar-refractivity contribution in [2.24, 2.45) is 0 Å². The van der Waals surface area contributed by atoms with Gasteiger partial charge in [0.1, 0.15) is 11.6 Å². The van der Waals surface area contributed by atoms with Crippen molar-refractivity contribution in [1.29, 1.82) is 0 Å². The first-order valence-electron chi connectivity index (χ1n) is 11.0. The molecular formula is C25H32N6O. The van der Waals surface area contributed by atoms with E-state index in [1.807, 2.05) is 63.7 Å². The number of pyridine rings is 1. The molecule has 7 nitrogen and oxygen atoms in total. The Morgan fingerprint density at radius 1 is 1.06 bits per heavy atom. The van der Waals surface area contributed by atoms with Crippen molar-refractivity contribution in [2.75, 3.05) is 58.2 Å². The second-order valence-electron chi connectivity index (χ2n) is 8.70. The number of hydrogen-bond donors (Lipinski definition) is 0. The molecule has 0 bridgehead atoms. The topological polar surface area (TPSA) is 57.6 Å². The lowest BCUT2D eigenvalue weighted by atomic mass is 9.96. The van der Waals surface area contributed by atoms with Crippen LogP contribution in [0.2, 0.25) is 0 Å². The molecule has 3 aromatic rings. The van der Waals surface area contributed by atoms with Crippen molar-refractivity contribution in [1.82, 2.24) is 19.9 Å². The Kier molecular flexibility index (Phi) is 6.55. The summed E-state index contributed by atoms with van der Waals surface area (Å²) >= 11 is 0. The maximum absolute atomic E-state index is 5.45. The van der Waals surface area contributed by atoms with Gasteiger partial charge in [-0.15, -0.1) is 0 Å². The molecule has 32 heavy (non-hydrogen) atoms. The molecule has 2 aromatic heterocycles. The Balaban J connectivity index is 1.62. The third-order valence-electron chi connectivity index (χ3n) is 5.93. The van der Waals surface area contributed by atoms with Crippen molar-refractivity contribution >= 4 is 11.8 Å². The van der Waals surface area contributed by atoms with Crippen LogP contribution in [0.5, 0.6) is 5.75 Å². The fraction of sp³-hybridized carbons (Fsp3) is 0.400. The van der Waals surface area contributed by atoms with E-state index in [1.54, 1.807) is 7.11 Å². The molecule has 1 aliphatic rings. The fourth-order valence-electron chi connectivity index (χ4n) is 4.32. The molecule has 0 aliphatic carbocycles. The molecule has 3 heterocycles. The van der Waals surface area contributed by atoms with E-state index in [4.69, 9.17) is 9.72 Å². The minimum Gasteiger partial charge on any atom is -0.497 e. The summed E-state index contributed by atoms with van der Waals surface area (Å²) in [7, 11) is 9.75. The number of nitrogens with zero attached hydrogens (tertiary/aromatic N) is 6. The van der Waals surface area contributed by atoms with Gasteiger partial charge in [0.15, 0.2) is 0 Å². The van der Waals surface area contributed by atoms with Gasteiger partial charge in [0.25, 0.3) is 0 Å². The average Bonchev–Trinajstić information content (AvgIpc) is 3.27. The van der Waals surface area contributed by atoms with Crippen molar-refractivity contribution in [2.45, 2.75) is 18.9 Å². The van der Waals surface area contributed by atoms with E-state index in [2.05, 4.69) is 38.0 Å². The minimum absolute atomic E-state index is 0.345. The van der Waals surface area contributed by atoms with Gasteiger partial charge in [-0.2, -0.15) is 0 Å². The first kappa shape index (κ1) is 22.0. The molecule has 4 rings (SSSR count). The molecule has 7 heteroatoms. The number of methoxy groups -OCH3 is 1. The van der Waals surface area contributed by atoms with Crippen molar-refractivity contribution < 1.29 is 4.74 Å². The Hall–Kier alpha value is -3.19. The van der Waals surface area contributed by atoms with Crippen LogP contribution in [0, 0.1) is 0 Å². The van der Waals surface area contributed by atoms with Gasteiger partial charge in [-0.05, 0) is 36.7 Å². The van der Waals surface area contributed by atoms with Gasteiger partial charge in [0.2, 0.25) is 5.95 Å². The van der Waals surface area contributed by atoms with Gasteiger partial charge in [0, 0.05) is 70.7 Å². The Bertz CT molecular complexity index is 1070. The molecule has 168 valence electrons. The van der Waals surface area contributed by atoms with Gasteiger partial charge < -0.3 is 14.5 Å². The van der Waals surface area contributed by atoms with Crippen LogP contribution in [0.3, 0.4) is 0 Å². The molecule has 0 saturated carbocycles. The predicted molar refractivity (Wildman–Crippen MR) is 130 cm³/mol. The van der Waals surface area contributed by atoms with Crippen LogP contribution in [0.15, 0.2) is 48.8 Å². The number of likely N-dealkylation sites (tertiary alicyclic amines) is 1. The standard InChI is InChI=1S/C25H32N6O/c1-29(2)24-20(9-7-12-26-24)17-31-13-11-19(16-31)23-22(15-27-25(28-23)30(3)4)18-8-6-10-21(14-18)32-5/h6-10,12,14-15,19H,11,13,16-17H2,1-5H3/t19-/m1/s1. The van der Waals surface area contributed by atoms with E-state index in [0.29, 0.717) is 5.92 Å². The van der Waals surface area contributed by atoms with E-state index in [-0.39, 0.29) is 0 Å². The predicted octanol–water partition coefficient (Wildman–Crippen LogP) is 3.67. The van der Waals surface area contributed by atoms with Crippen molar-refractivity contribution in [3.8, 4) is 16.9 Å². The highest BCUT2D eigenvalue weighted by Crippen LogP contribution is 2.36. The molecule has 1 aliphatic heterocycles. The summed E-state index contributed by atoms with van der Waals surface area (Å²) in [4.78, 5) is 20.7. The maximum atomic E-state index is 5.45. The molecule has 0 unspecified atom stereocenters. The summed E-state index contributed by atoms with van der Waals surface area (Å²) in [5, 5.41) is 0. The lowest BCUT2D eigenvalue weighted by Gasteiger charge is -2.21. The second-order valence-corrected chi connectivity index (χ2v) is 8.70. The van der Waals surface area contributed by atoms with Crippen LogP contribution in [0.25, 0.3) is 11.1 Å². The van der Waals surface area contributed by atoms with Crippen LogP contribution in [-0.4, -0.2) is 68.2 Å². The Morgan fingerprint density at radius 2 is 1.91 bits per heavy atom. The smallest absolute Gasteiger partial charge is 0.225 e. The summed E-state index contributed by atoms with van der Waals surface area (Å²) in [5.74, 6) is 2.96.